The van der Waals surface area contributed by atoms with Crippen LogP contribution in [-0.2, 0) is 9.53 Å². The number of carbonyl (C=O) groups is 1. The highest BCUT2D eigenvalue weighted by atomic mass is 16.7. The summed E-state index contributed by atoms with van der Waals surface area (Å²) in [6.45, 7) is 3.81. The zero-order chi connectivity index (χ0) is 9.69. The van der Waals surface area contributed by atoms with Crippen LogP contribution < -0.4 is 0 Å². The van der Waals surface area contributed by atoms with Crippen molar-refractivity contribution < 1.29 is 14.6 Å². The second kappa shape index (κ2) is 2.47. The molecule has 2 fully saturated rings. The Kier molecular flexibility index (Phi) is 1.71. The van der Waals surface area contributed by atoms with E-state index in [0.29, 0.717) is 6.42 Å². The van der Waals surface area contributed by atoms with Crippen molar-refractivity contribution >= 4 is 5.97 Å². The average Bonchev–Trinajstić information content (AvgIpc) is 2.25. The van der Waals surface area contributed by atoms with Crippen molar-refractivity contribution in [3.8, 4) is 0 Å². The van der Waals surface area contributed by atoms with Gasteiger partial charge in [0.15, 0.2) is 0 Å². The van der Waals surface area contributed by atoms with E-state index in [1.807, 2.05) is 13.8 Å². The van der Waals surface area contributed by atoms with Crippen LogP contribution in [0.4, 0.5) is 0 Å². The predicted molar refractivity (Wildman–Crippen MR) is 46.8 cm³/mol. The van der Waals surface area contributed by atoms with Crippen LogP contribution >= 0.6 is 0 Å². The summed E-state index contributed by atoms with van der Waals surface area (Å²) in [4.78, 5) is 11.4. The van der Waals surface area contributed by atoms with Gasteiger partial charge in [0.2, 0.25) is 5.79 Å². The molecule has 1 unspecified atom stereocenters. The Hall–Kier alpha value is -0.570. The van der Waals surface area contributed by atoms with E-state index >= 15 is 0 Å². The van der Waals surface area contributed by atoms with Crippen LogP contribution in [0.25, 0.3) is 0 Å². The maximum absolute atomic E-state index is 11.4. The third-order valence-corrected chi connectivity index (χ3v) is 3.93. The van der Waals surface area contributed by atoms with E-state index in [1.54, 1.807) is 0 Å². The Morgan fingerprint density at radius 1 is 1.46 bits per heavy atom. The molecule has 2 aliphatic rings. The Morgan fingerprint density at radius 2 is 2.08 bits per heavy atom. The number of ether oxygens (including phenoxy) is 1. The van der Waals surface area contributed by atoms with Crippen LogP contribution in [0.15, 0.2) is 0 Å². The number of aliphatic hydroxyl groups is 1. The van der Waals surface area contributed by atoms with E-state index in [2.05, 4.69) is 0 Å². The molecular weight excluding hydrogens is 168 g/mol. The second-order valence-electron chi connectivity index (χ2n) is 4.55. The van der Waals surface area contributed by atoms with E-state index in [-0.39, 0.29) is 17.3 Å². The molecule has 13 heavy (non-hydrogen) atoms. The molecule has 1 aliphatic heterocycles. The van der Waals surface area contributed by atoms with Gasteiger partial charge in [0.05, 0.1) is 5.92 Å². The lowest BCUT2D eigenvalue weighted by Crippen LogP contribution is -2.47. The fourth-order valence-corrected chi connectivity index (χ4v) is 2.58. The van der Waals surface area contributed by atoms with Gasteiger partial charge in [0.25, 0.3) is 0 Å². The Bertz CT molecular complexity index is 251. The number of hydrogen-bond donors (Lipinski definition) is 1. The molecule has 2 rings (SSSR count). The van der Waals surface area contributed by atoms with Crippen molar-refractivity contribution in [1.82, 2.24) is 0 Å². The van der Waals surface area contributed by atoms with Gasteiger partial charge in [0.1, 0.15) is 0 Å². The van der Waals surface area contributed by atoms with Crippen molar-refractivity contribution in [2.75, 3.05) is 0 Å². The molecule has 1 saturated carbocycles. The van der Waals surface area contributed by atoms with E-state index in [4.69, 9.17) is 4.74 Å². The maximum atomic E-state index is 11.4. The maximum Gasteiger partial charge on any atom is 0.311 e. The molecule has 0 aromatic rings. The minimum atomic E-state index is -1.18. The van der Waals surface area contributed by atoms with Crippen LogP contribution in [0.3, 0.4) is 0 Å². The summed E-state index contributed by atoms with van der Waals surface area (Å²) < 4.78 is 5.08. The third kappa shape index (κ3) is 0.966. The van der Waals surface area contributed by atoms with Crippen molar-refractivity contribution in [1.29, 1.82) is 0 Å². The molecule has 0 aromatic carbocycles. The standard InChI is InChI=1S/C10H16O3/c1-7-8(11)13-10(12)6-4-3-5-9(7,10)2/h7,12H,3-6H2,1-2H3/t7?,9-,10-/m1/s1. The molecule has 3 nitrogen and oxygen atoms in total. The number of hydrogen-bond acceptors (Lipinski definition) is 3. The van der Waals surface area contributed by atoms with Crippen LogP contribution in [0.2, 0.25) is 0 Å². The smallest absolute Gasteiger partial charge is 0.311 e. The van der Waals surface area contributed by atoms with Crippen LogP contribution in [0.1, 0.15) is 39.5 Å². The average molecular weight is 184 g/mol. The van der Waals surface area contributed by atoms with Crippen molar-refractivity contribution in [2.45, 2.75) is 45.3 Å². The second-order valence-corrected chi connectivity index (χ2v) is 4.55. The first-order chi connectivity index (χ1) is 6.00. The number of carbonyl (C=O) groups excluding carboxylic acids is 1. The number of esters is 1. The molecular formula is C10H16O3. The fourth-order valence-electron chi connectivity index (χ4n) is 2.58. The van der Waals surface area contributed by atoms with Gasteiger partial charge in [-0.2, -0.15) is 0 Å². The largest absolute Gasteiger partial charge is 0.432 e. The van der Waals surface area contributed by atoms with Gasteiger partial charge in [-0.15, -0.1) is 0 Å². The highest BCUT2D eigenvalue weighted by Gasteiger charge is 2.62. The molecule has 0 spiro atoms. The summed E-state index contributed by atoms with van der Waals surface area (Å²) in [6, 6.07) is 0. The minimum Gasteiger partial charge on any atom is -0.432 e. The van der Waals surface area contributed by atoms with E-state index in [0.717, 1.165) is 19.3 Å². The highest BCUT2D eigenvalue weighted by Crippen LogP contribution is 2.54. The lowest BCUT2D eigenvalue weighted by atomic mass is 9.65. The van der Waals surface area contributed by atoms with Crippen molar-refractivity contribution in [2.24, 2.45) is 11.3 Å². The molecule has 1 saturated heterocycles. The number of fused-ring (bicyclic) bond motifs is 1. The number of rotatable bonds is 0. The Labute approximate surface area is 78.1 Å². The molecule has 0 radical (unpaired) electrons. The van der Waals surface area contributed by atoms with E-state index in [1.165, 1.54) is 0 Å². The van der Waals surface area contributed by atoms with Crippen LogP contribution in [0.5, 0.6) is 0 Å². The summed E-state index contributed by atoms with van der Waals surface area (Å²) >= 11 is 0. The molecule has 1 heterocycles. The fraction of sp³-hybridized carbons (Fsp3) is 0.900. The molecule has 0 bridgehead atoms. The zero-order valence-electron chi connectivity index (χ0n) is 8.17. The van der Waals surface area contributed by atoms with Gasteiger partial charge in [0, 0.05) is 11.8 Å². The summed E-state index contributed by atoms with van der Waals surface area (Å²) in [7, 11) is 0. The molecule has 3 atom stereocenters. The summed E-state index contributed by atoms with van der Waals surface area (Å²) in [6.07, 6.45) is 3.52. The summed E-state index contributed by atoms with van der Waals surface area (Å²) in [5.74, 6) is -1.59. The van der Waals surface area contributed by atoms with Gasteiger partial charge >= 0.3 is 5.97 Å². The van der Waals surface area contributed by atoms with E-state index < -0.39 is 5.79 Å². The van der Waals surface area contributed by atoms with Gasteiger partial charge < -0.3 is 9.84 Å². The summed E-state index contributed by atoms with van der Waals surface area (Å²) in [5.41, 5.74) is -0.359. The molecule has 1 aliphatic carbocycles. The topological polar surface area (TPSA) is 46.5 Å². The quantitative estimate of drug-likeness (QED) is 0.579. The van der Waals surface area contributed by atoms with Gasteiger partial charge in [-0.05, 0) is 12.8 Å². The molecule has 0 amide bonds. The predicted octanol–water partition coefficient (Wildman–Crippen LogP) is 1.45. The van der Waals surface area contributed by atoms with Gasteiger partial charge in [-0.1, -0.05) is 20.3 Å². The van der Waals surface area contributed by atoms with Crippen LogP contribution in [0, 0.1) is 11.3 Å². The normalized spacial score (nSPS) is 50.1. The van der Waals surface area contributed by atoms with Gasteiger partial charge in [-0.25, -0.2) is 0 Å². The lowest BCUT2D eigenvalue weighted by Gasteiger charge is -2.42. The highest BCUT2D eigenvalue weighted by molar-refractivity contribution is 5.76. The minimum absolute atomic E-state index is 0.169. The van der Waals surface area contributed by atoms with Crippen molar-refractivity contribution in [3.05, 3.63) is 0 Å². The third-order valence-electron chi connectivity index (χ3n) is 3.93. The molecule has 74 valence electrons. The molecule has 0 aromatic heterocycles. The first-order valence-electron chi connectivity index (χ1n) is 4.95. The molecule has 1 N–H and O–H groups in total. The van der Waals surface area contributed by atoms with Crippen LogP contribution in [-0.4, -0.2) is 16.9 Å². The van der Waals surface area contributed by atoms with Gasteiger partial charge in [-0.3, -0.25) is 4.79 Å². The van der Waals surface area contributed by atoms with E-state index in [9.17, 15) is 9.90 Å². The van der Waals surface area contributed by atoms with Crippen molar-refractivity contribution in [3.63, 3.8) is 0 Å². The Morgan fingerprint density at radius 3 is 2.69 bits per heavy atom. The first kappa shape index (κ1) is 9.00. The lowest BCUT2D eigenvalue weighted by molar-refractivity contribution is -0.238. The summed E-state index contributed by atoms with van der Waals surface area (Å²) in [5, 5.41) is 10.2. The zero-order valence-corrected chi connectivity index (χ0v) is 8.17. The monoisotopic (exact) mass is 184 g/mol. The Balaban J connectivity index is 2.38. The molecule has 3 heteroatoms. The first-order valence-corrected chi connectivity index (χ1v) is 4.95. The SMILES string of the molecule is CC1C(=O)O[C@]2(O)CCCC[C@]12C.